The average Bonchev–Trinajstić information content (AvgIpc) is 2.89. The van der Waals surface area contributed by atoms with Crippen LogP contribution in [0.25, 0.3) is 10.8 Å². The van der Waals surface area contributed by atoms with Crippen molar-refractivity contribution in [1.29, 1.82) is 0 Å². The molecule has 0 radical (unpaired) electrons. The third-order valence-corrected chi connectivity index (χ3v) is 5.40. The van der Waals surface area contributed by atoms with Gasteiger partial charge in [-0.15, -0.1) is 0 Å². The van der Waals surface area contributed by atoms with Gasteiger partial charge in [0.25, 0.3) is 5.91 Å². The first-order valence-electron chi connectivity index (χ1n) is 10.7. The van der Waals surface area contributed by atoms with Gasteiger partial charge in [-0.3, -0.25) is 4.79 Å². The van der Waals surface area contributed by atoms with Crippen LogP contribution < -0.4 is 14.9 Å². The fourth-order valence-corrected chi connectivity index (χ4v) is 3.57. The molecule has 1 amide bonds. The highest BCUT2D eigenvalue weighted by molar-refractivity contribution is 6.33. The van der Waals surface area contributed by atoms with Crippen molar-refractivity contribution in [2.75, 3.05) is 6.61 Å². The number of amides is 1. The Kier molecular flexibility index (Phi) is 7.55. The maximum atomic E-state index is 12.7. The monoisotopic (exact) mass is 484 g/mol. The Morgan fingerprint density at radius 2 is 1.69 bits per heavy atom. The number of esters is 1. The first-order chi connectivity index (χ1) is 17.1. The lowest BCUT2D eigenvalue weighted by Crippen LogP contribution is -2.17. The molecular formula is C28H21ClN2O4. The summed E-state index contributed by atoms with van der Waals surface area (Å²) in [6.45, 7) is 3.98. The van der Waals surface area contributed by atoms with Crippen molar-refractivity contribution < 1.29 is 19.1 Å². The van der Waals surface area contributed by atoms with E-state index in [4.69, 9.17) is 21.1 Å². The molecular weight excluding hydrogens is 464 g/mol. The van der Waals surface area contributed by atoms with Crippen molar-refractivity contribution in [2.24, 2.45) is 5.10 Å². The summed E-state index contributed by atoms with van der Waals surface area (Å²) in [7, 11) is 0. The van der Waals surface area contributed by atoms with E-state index in [0.29, 0.717) is 28.5 Å². The van der Waals surface area contributed by atoms with E-state index in [1.165, 1.54) is 6.21 Å². The number of rotatable bonds is 8. The third kappa shape index (κ3) is 5.75. The van der Waals surface area contributed by atoms with Crippen LogP contribution in [0.15, 0.2) is 103 Å². The van der Waals surface area contributed by atoms with Crippen LogP contribution in [0.3, 0.4) is 0 Å². The van der Waals surface area contributed by atoms with Gasteiger partial charge in [0.1, 0.15) is 18.1 Å². The number of carbonyl (C=O) groups is 2. The minimum absolute atomic E-state index is 0.249. The summed E-state index contributed by atoms with van der Waals surface area (Å²) in [5.41, 5.74) is 3.71. The maximum absolute atomic E-state index is 12.7. The van der Waals surface area contributed by atoms with Gasteiger partial charge in [-0.05, 0) is 53.2 Å². The number of hydrazone groups is 1. The lowest BCUT2D eigenvalue weighted by Gasteiger charge is -2.11. The molecule has 4 aromatic rings. The summed E-state index contributed by atoms with van der Waals surface area (Å²) in [5, 5.41) is 6.13. The summed E-state index contributed by atoms with van der Waals surface area (Å²) in [6.07, 6.45) is 3.10. The molecule has 0 aliphatic carbocycles. The van der Waals surface area contributed by atoms with Gasteiger partial charge in [0.2, 0.25) is 0 Å². The number of hydrogen-bond acceptors (Lipinski definition) is 5. The highest BCUT2D eigenvalue weighted by Gasteiger charge is 2.16. The zero-order valence-electron chi connectivity index (χ0n) is 18.6. The fourth-order valence-electron chi connectivity index (χ4n) is 3.36. The summed E-state index contributed by atoms with van der Waals surface area (Å²) in [5.74, 6) is -0.0734. The van der Waals surface area contributed by atoms with E-state index in [9.17, 15) is 9.59 Å². The highest BCUT2D eigenvalue weighted by Crippen LogP contribution is 2.28. The van der Waals surface area contributed by atoms with Crippen LogP contribution in [0.5, 0.6) is 11.5 Å². The first kappa shape index (κ1) is 23.7. The normalized spacial score (nSPS) is 10.8. The van der Waals surface area contributed by atoms with Crippen LogP contribution in [0.2, 0.25) is 5.02 Å². The molecule has 7 heteroatoms. The number of hydrogen-bond donors (Lipinski definition) is 1. The zero-order chi connectivity index (χ0) is 24.6. The smallest absolute Gasteiger partial charge is 0.345 e. The Labute approximate surface area is 207 Å². The van der Waals surface area contributed by atoms with E-state index >= 15 is 0 Å². The minimum atomic E-state index is -0.594. The number of halogens is 1. The van der Waals surface area contributed by atoms with Crippen molar-refractivity contribution >= 4 is 40.5 Å². The van der Waals surface area contributed by atoms with E-state index in [2.05, 4.69) is 17.1 Å². The molecule has 0 aliphatic rings. The van der Waals surface area contributed by atoms with Gasteiger partial charge in [-0.25, -0.2) is 10.2 Å². The number of nitrogens with one attached hydrogen (secondary N) is 1. The van der Waals surface area contributed by atoms with Crippen molar-refractivity contribution in [3.05, 3.63) is 119 Å². The largest absolute Gasteiger partial charge is 0.490 e. The van der Waals surface area contributed by atoms with E-state index in [1.54, 1.807) is 60.7 Å². The van der Waals surface area contributed by atoms with E-state index in [1.807, 2.05) is 30.3 Å². The van der Waals surface area contributed by atoms with Crippen molar-refractivity contribution in [2.45, 2.75) is 0 Å². The standard InChI is InChI=1S/C28H21ClN2O4/c1-2-17-34-21-14-11-20(12-15-21)27(32)31-30-18-24-22-8-4-3-7-19(22)13-16-26(24)35-28(33)23-9-5-6-10-25(23)29/h2-16,18H,1,17H2,(H,31,32)/b30-18-. The second kappa shape index (κ2) is 11.1. The Balaban J connectivity index is 1.56. The number of nitrogens with zero attached hydrogens (tertiary/aromatic N) is 1. The SMILES string of the molecule is C=CCOc1ccc(C(=O)N/N=C\c2c(OC(=O)c3ccccc3Cl)ccc3ccccc23)cc1. The maximum Gasteiger partial charge on any atom is 0.345 e. The molecule has 35 heavy (non-hydrogen) atoms. The third-order valence-electron chi connectivity index (χ3n) is 5.07. The lowest BCUT2D eigenvalue weighted by molar-refractivity contribution is 0.0734. The van der Waals surface area contributed by atoms with Crippen LogP contribution in [0.4, 0.5) is 0 Å². The van der Waals surface area contributed by atoms with Gasteiger partial charge in [0, 0.05) is 11.1 Å². The van der Waals surface area contributed by atoms with E-state index in [0.717, 1.165) is 10.8 Å². The van der Waals surface area contributed by atoms with Gasteiger partial charge in [-0.1, -0.05) is 66.7 Å². The van der Waals surface area contributed by atoms with Crippen molar-refractivity contribution in [3.63, 3.8) is 0 Å². The van der Waals surface area contributed by atoms with Crippen molar-refractivity contribution in [1.82, 2.24) is 5.43 Å². The molecule has 0 unspecified atom stereocenters. The molecule has 0 aliphatic heterocycles. The lowest BCUT2D eigenvalue weighted by atomic mass is 10.0. The molecule has 1 N–H and O–H groups in total. The number of benzene rings is 4. The van der Waals surface area contributed by atoms with E-state index < -0.39 is 11.9 Å². The Hall–Kier alpha value is -4.42. The predicted octanol–water partition coefficient (Wildman–Crippen LogP) is 6.04. The summed E-state index contributed by atoms with van der Waals surface area (Å²) in [6, 6.07) is 24.4. The van der Waals surface area contributed by atoms with Crippen LogP contribution >= 0.6 is 11.6 Å². The molecule has 0 spiro atoms. The Morgan fingerprint density at radius 1 is 0.943 bits per heavy atom. The zero-order valence-corrected chi connectivity index (χ0v) is 19.4. The Morgan fingerprint density at radius 3 is 2.46 bits per heavy atom. The van der Waals surface area contributed by atoms with Gasteiger partial charge >= 0.3 is 5.97 Å². The van der Waals surface area contributed by atoms with Gasteiger partial charge < -0.3 is 9.47 Å². The topological polar surface area (TPSA) is 77.0 Å². The predicted molar refractivity (Wildman–Crippen MR) is 138 cm³/mol. The number of fused-ring (bicyclic) bond motifs is 1. The number of carbonyl (C=O) groups excluding carboxylic acids is 2. The van der Waals surface area contributed by atoms with Crippen molar-refractivity contribution in [3.8, 4) is 11.5 Å². The molecule has 4 rings (SSSR count). The van der Waals surface area contributed by atoms with Gasteiger partial charge in [-0.2, -0.15) is 5.10 Å². The second-order valence-electron chi connectivity index (χ2n) is 7.39. The molecule has 0 aromatic heterocycles. The molecule has 0 saturated heterocycles. The molecule has 0 fully saturated rings. The summed E-state index contributed by atoms with van der Waals surface area (Å²) in [4.78, 5) is 25.3. The van der Waals surface area contributed by atoms with Crippen LogP contribution in [-0.4, -0.2) is 24.7 Å². The summed E-state index contributed by atoms with van der Waals surface area (Å²) < 4.78 is 11.1. The van der Waals surface area contributed by atoms with E-state index in [-0.39, 0.29) is 11.3 Å². The average molecular weight is 485 g/mol. The summed E-state index contributed by atoms with van der Waals surface area (Å²) >= 11 is 6.14. The highest BCUT2D eigenvalue weighted by atomic mass is 35.5. The number of ether oxygens (including phenoxy) is 2. The van der Waals surface area contributed by atoms with Gasteiger partial charge in [0.05, 0.1) is 16.8 Å². The fraction of sp³-hybridized carbons (Fsp3) is 0.0357. The molecule has 6 nitrogen and oxygen atoms in total. The van der Waals surface area contributed by atoms with Crippen LogP contribution in [0, 0.1) is 0 Å². The molecule has 174 valence electrons. The second-order valence-corrected chi connectivity index (χ2v) is 7.80. The minimum Gasteiger partial charge on any atom is -0.490 e. The first-order valence-corrected chi connectivity index (χ1v) is 11.1. The molecule has 0 heterocycles. The Bertz CT molecular complexity index is 1410. The molecule has 4 aromatic carbocycles. The molecule has 0 bridgehead atoms. The molecule has 0 saturated carbocycles. The van der Waals surface area contributed by atoms with Crippen LogP contribution in [-0.2, 0) is 0 Å². The molecule has 0 atom stereocenters. The quantitative estimate of drug-likeness (QED) is 0.109. The van der Waals surface area contributed by atoms with Gasteiger partial charge in [0.15, 0.2) is 0 Å². The van der Waals surface area contributed by atoms with Crippen LogP contribution in [0.1, 0.15) is 26.3 Å².